The van der Waals surface area contributed by atoms with E-state index in [1.165, 1.54) is 17.3 Å². The summed E-state index contributed by atoms with van der Waals surface area (Å²) in [5, 5.41) is 0. The monoisotopic (exact) mass is 362 g/mol. The van der Waals surface area contributed by atoms with Crippen LogP contribution < -0.4 is 0 Å². The predicted octanol–water partition coefficient (Wildman–Crippen LogP) is 3.58. The van der Waals surface area contributed by atoms with E-state index in [-0.39, 0.29) is 0 Å². The van der Waals surface area contributed by atoms with Crippen molar-refractivity contribution in [3.8, 4) is 0 Å². The highest BCUT2D eigenvalue weighted by Gasteiger charge is 2.19. The Labute approximate surface area is 90.1 Å². The highest BCUT2D eigenvalue weighted by atomic mass is 127. The van der Waals surface area contributed by atoms with Crippen molar-refractivity contribution in [3.05, 3.63) is 11.6 Å². The fourth-order valence-corrected chi connectivity index (χ4v) is 3.03. The second kappa shape index (κ2) is 4.28. The SMILES string of the molecule is CC(CI)C1=CCCC1I. The summed E-state index contributed by atoms with van der Waals surface area (Å²) in [5.74, 6) is 0.810. The average molecular weight is 362 g/mol. The zero-order valence-electron chi connectivity index (χ0n) is 6.11. The van der Waals surface area contributed by atoms with E-state index in [0.717, 1.165) is 9.84 Å². The minimum atomic E-state index is 0.810. The van der Waals surface area contributed by atoms with Crippen LogP contribution in [0.3, 0.4) is 0 Å². The molecule has 2 heteroatoms. The topological polar surface area (TPSA) is 0 Å². The first-order valence-corrected chi connectivity index (χ1v) is 6.42. The van der Waals surface area contributed by atoms with Crippen LogP contribution in [-0.2, 0) is 0 Å². The summed E-state index contributed by atoms with van der Waals surface area (Å²) < 4.78 is 2.10. The molecule has 58 valence electrons. The van der Waals surface area contributed by atoms with Crippen molar-refractivity contribution >= 4 is 45.2 Å². The maximum atomic E-state index is 2.56. The molecule has 1 aliphatic rings. The first-order chi connectivity index (χ1) is 4.75. The molecule has 2 atom stereocenters. The zero-order chi connectivity index (χ0) is 7.56. The van der Waals surface area contributed by atoms with Gasteiger partial charge in [-0.3, -0.25) is 0 Å². The second-order valence-corrected chi connectivity index (χ2v) is 5.19. The molecule has 1 rings (SSSR count). The molecule has 0 nitrogen and oxygen atoms in total. The van der Waals surface area contributed by atoms with Gasteiger partial charge in [0, 0.05) is 8.35 Å². The first kappa shape index (κ1) is 9.29. The summed E-state index contributed by atoms with van der Waals surface area (Å²) in [6, 6.07) is 0. The highest BCUT2D eigenvalue weighted by molar-refractivity contribution is 14.1. The normalized spacial score (nSPS) is 28.3. The lowest BCUT2D eigenvalue weighted by Gasteiger charge is -2.12. The van der Waals surface area contributed by atoms with Gasteiger partial charge in [-0.15, -0.1) is 0 Å². The Morgan fingerprint density at radius 2 is 2.50 bits per heavy atom. The molecule has 0 saturated heterocycles. The minimum absolute atomic E-state index is 0.810. The molecule has 0 aliphatic heterocycles. The van der Waals surface area contributed by atoms with E-state index in [0.29, 0.717) is 0 Å². The summed E-state index contributed by atoms with van der Waals surface area (Å²) in [6.07, 6.45) is 5.11. The fourth-order valence-electron chi connectivity index (χ4n) is 1.29. The number of hydrogen-bond donors (Lipinski definition) is 0. The number of halogens is 2. The largest absolute Gasteiger partial charge is 0.0857 e. The summed E-state index contributed by atoms with van der Waals surface area (Å²) in [5.41, 5.74) is 1.69. The van der Waals surface area contributed by atoms with E-state index in [9.17, 15) is 0 Å². The van der Waals surface area contributed by atoms with Gasteiger partial charge in [0.1, 0.15) is 0 Å². The molecule has 0 N–H and O–H groups in total. The standard InChI is InChI=1S/C8H12I2/c1-6(5-9)7-3-2-4-8(7)10/h3,6,8H,2,4-5H2,1H3. The average Bonchev–Trinajstić information content (AvgIpc) is 2.34. The Hall–Kier alpha value is 1.20. The minimum Gasteiger partial charge on any atom is -0.0857 e. The van der Waals surface area contributed by atoms with Crippen LogP contribution >= 0.6 is 45.2 Å². The van der Waals surface area contributed by atoms with Crippen LogP contribution in [0.5, 0.6) is 0 Å². The van der Waals surface area contributed by atoms with Crippen molar-refractivity contribution in [1.29, 1.82) is 0 Å². The van der Waals surface area contributed by atoms with Crippen LogP contribution in [0.25, 0.3) is 0 Å². The van der Waals surface area contributed by atoms with E-state index < -0.39 is 0 Å². The first-order valence-electron chi connectivity index (χ1n) is 3.65. The summed E-state index contributed by atoms with van der Waals surface area (Å²) in [7, 11) is 0. The van der Waals surface area contributed by atoms with Gasteiger partial charge in [0.15, 0.2) is 0 Å². The molecule has 10 heavy (non-hydrogen) atoms. The van der Waals surface area contributed by atoms with Gasteiger partial charge in [0.25, 0.3) is 0 Å². The number of hydrogen-bond acceptors (Lipinski definition) is 0. The lowest BCUT2D eigenvalue weighted by molar-refractivity contribution is 0.765. The van der Waals surface area contributed by atoms with E-state index in [1.54, 1.807) is 5.57 Å². The molecule has 1 aliphatic carbocycles. The lowest BCUT2D eigenvalue weighted by atomic mass is 10.0. The molecule has 0 heterocycles. The zero-order valence-corrected chi connectivity index (χ0v) is 10.4. The number of alkyl halides is 2. The maximum Gasteiger partial charge on any atom is 0.0324 e. The number of allylic oxidation sites excluding steroid dienone is 2. The third kappa shape index (κ3) is 2.09. The quantitative estimate of drug-likeness (QED) is 0.400. The van der Waals surface area contributed by atoms with Crippen molar-refractivity contribution in [3.63, 3.8) is 0 Å². The van der Waals surface area contributed by atoms with Crippen LogP contribution in [0.1, 0.15) is 19.8 Å². The van der Waals surface area contributed by atoms with Gasteiger partial charge in [0.05, 0.1) is 0 Å². The van der Waals surface area contributed by atoms with E-state index in [1.807, 2.05) is 0 Å². The molecular formula is C8H12I2. The molecule has 0 aromatic rings. The summed E-state index contributed by atoms with van der Waals surface area (Å²) in [4.78, 5) is 0. The molecule has 0 bridgehead atoms. The molecule has 0 fully saturated rings. The van der Waals surface area contributed by atoms with E-state index in [4.69, 9.17) is 0 Å². The second-order valence-electron chi connectivity index (χ2n) is 2.80. The van der Waals surface area contributed by atoms with Crippen molar-refractivity contribution in [2.75, 3.05) is 4.43 Å². The number of rotatable bonds is 2. The smallest absolute Gasteiger partial charge is 0.0324 e. The Morgan fingerprint density at radius 1 is 1.80 bits per heavy atom. The molecule has 0 amide bonds. The maximum absolute atomic E-state index is 2.56. The Balaban J connectivity index is 2.53. The van der Waals surface area contributed by atoms with Crippen molar-refractivity contribution in [1.82, 2.24) is 0 Å². The third-order valence-electron chi connectivity index (χ3n) is 1.96. The van der Waals surface area contributed by atoms with Crippen molar-refractivity contribution in [2.24, 2.45) is 5.92 Å². The van der Waals surface area contributed by atoms with Gasteiger partial charge in [-0.1, -0.05) is 63.8 Å². The predicted molar refractivity (Wildman–Crippen MR) is 63.2 cm³/mol. The van der Waals surface area contributed by atoms with Crippen LogP contribution in [0, 0.1) is 5.92 Å². The van der Waals surface area contributed by atoms with Crippen molar-refractivity contribution < 1.29 is 0 Å². The van der Waals surface area contributed by atoms with Gasteiger partial charge in [-0.05, 0) is 18.8 Å². The van der Waals surface area contributed by atoms with Crippen LogP contribution in [0.2, 0.25) is 0 Å². The molecule has 2 unspecified atom stereocenters. The van der Waals surface area contributed by atoms with Crippen LogP contribution in [0.4, 0.5) is 0 Å². The van der Waals surface area contributed by atoms with Crippen LogP contribution in [-0.4, -0.2) is 8.35 Å². The lowest BCUT2D eigenvalue weighted by Crippen LogP contribution is -2.06. The van der Waals surface area contributed by atoms with Gasteiger partial charge in [-0.2, -0.15) is 0 Å². The van der Waals surface area contributed by atoms with Gasteiger partial charge < -0.3 is 0 Å². The van der Waals surface area contributed by atoms with Gasteiger partial charge in [-0.25, -0.2) is 0 Å². The Bertz CT molecular complexity index is 140. The molecule has 0 saturated carbocycles. The fraction of sp³-hybridized carbons (Fsp3) is 0.750. The Kier molecular flexibility index (Phi) is 3.98. The van der Waals surface area contributed by atoms with E-state index in [2.05, 4.69) is 58.2 Å². The van der Waals surface area contributed by atoms with Gasteiger partial charge in [0.2, 0.25) is 0 Å². The van der Waals surface area contributed by atoms with E-state index >= 15 is 0 Å². The molecular weight excluding hydrogens is 350 g/mol. The third-order valence-corrected chi connectivity index (χ3v) is 4.63. The molecule has 0 radical (unpaired) electrons. The molecule has 0 aromatic heterocycles. The molecule has 0 aromatic carbocycles. The van der Waals surface area contributed by atoms with Gasteiger partial charge >= 0.3 is 0 Å². The summed E-state index contributed by atoms with van der Waals surface area (Å²) in [6.45, 7) is 2.33. The Morgan fingerprint density at radius 3 is 2.90 bits per heavy atom. The van der Waals surface area contributed by atoms with Crippen molar-refractivity contribution in [2.45, 2.75) is 23.7 Å². The summed E-state index contributed by atoms with van der Waals surface area (Å²) >= 11 is 5.03. The highest BCUT2D eigenvalue weighted by Crippen LogP contribution is 2.32. The van der Waals surface area contributed by atoms with Crippen LogP contribution in [0.15, 0.2) is 11.6 Å². The molecule has 0 spiro atoms.